The fourth-order valence-corrected chi connectivity index (χ4v) is 7.75. The summed E-state index contributed by atoms with van der Waals surface area (Å²) in [6, 6.07) is 78.7. The van der Waals surface area contributed by atoms with E-state index in [1.54, 1.807) is 0 Å². The highest BCUT2D eigenvalue weighted by molar-refractivity contribution is 5.85. The van der Waals surface area contributed by atoms with Gasteiger partial charge in [0, 0.05) is 33.4 Å². The predicted octanol–water partition coefficient (Wildman–Crippen LogP) is 14.1. The first-order valence-electron chi connectivity index (χ1n) is 20.5. The van der Waals surface area contributed by atoms with Crippen molar-refractivity contribution in [3.05, 3.63) is 230 Å². The third-order valence-corrected chi connectivity index (χ3v) is 10.9. The zero-order valence-corrected chi connectivity index (χ0v) is 33.6. The lowest BCUT2D eigenvalue weighted by molar-refractivity contribution is 1.18. The van der Waals surface area contributed by atoms with Crippen LogP contribution >= 0.6 is 0 Å². The SMILES string of the molecule is N#Cc1cccc(-c2cc(-c3cccc(-c4cc(-c5ccccc5)nc(-c5ccccc5)n4)c3)cc(-c3cccc(-c4cc(-c5ccccc5)nc(-c5ccccc5)n4)c3)c2)c1. The molecule has 0 N–H and O–H groups in total. The van der Waals surface area contributed by atoms with E-state index in [-0.39, 0.29) is 0 Å². The molecule has 0 aliphatic heterocycles. The van der Waals surface area contributed by atoms with Crippen molar-refractivity contribution < 1.29 is 0 Å². The van der Waals surface area contributed by atoms with E-state index in [2.05, 4.69) is 115 Å². The van der Waals surface area contributed by atoms with Crippen LogP contribution in [0.25, 0.3) is 101 Å². The molecule has 0 atom stereocenters. The molecule has 5 nitrogen and oxygen atoms in total. The maximum absolute atomic E-state index is 9.85. The number of nitriles is 1. The Morgan fingerprint density at radius 3 is 0.919 bits per heavy atom. The van der Waals surface area contributed by atoms with E-state index < -0.39 is 0 Å². The Morgan fingerprint density at radius 2 is 0.532 bits per heavy atom. The first-order chi connectivity index (χ1) is 30.6. The van der Waals surface area contributed by atoms with Gasteiger partial charge < -0.3 is 0 Å². The van der Waals surface area contributed by atoms with Crippen molar-refractivity contribution in [3.8, 4) is 107 Å². The molecule has 0 aliphatic carbocycles. The topological polar surface area (TPSA) is 75.3 Å². The molecule has 0 unspecified atom stereocenters. The van der Waals surface area contributed by atoms with Crippen LogP contribution in [0.5, 0.6) is 0 Å². The lowest BCUT2D eigenvalue weighted by atomic mass is 9.91. The Morgan fingerprint density at radius 1 is 0.242 bits per heavy atom. The van der Waals surface area contributed by atoms with Crippen molar-refractivity contribution in [2.24, 2.45) is 0 Å². The van der Waals surface area contributed by atoms with Crippen LogP contribution in [0.1, 0.15) is 5.56 Å². The monoisotopic (exact) mass is 791 g/mol. The second-order valence-corrected chi connectivity index (χ2v) is 15.0. The van der Waals surface area contributed by atoms with Gasteiger partial charge in [-0.15, -0.1) is 0 Å². The summed E-state index contributed by atoms with van der Waals surface area (Å²) in [7, 11) is 0. The summed E-state index contributed by atoms with van der Waals surface area (Å²) < 4.78 is 0. The summed E-state index contributed by atoms with van der Waals surface area (Å²) >= 11 is 0. The van der Waals surface area contributed by atoms with Crippen molar-refractivity contribution in [3.63, 3.8) is 0 Å². The van der Waals surface area contributed by atoms with Gasteiger partial charge in [-0.2, -0.15) is 5.26 Å². The minimum absolute atomic E-state index is 0.609. The molecule has 0 saturated carbocycles. The molecule has 290 valence electrons. The van der Waals surface area contributed by atoms with E-state index in [4.69, 9.17) is 19.9 Å². The summed E-state index contributed by atoms with van der Waals surface area (Å²) in [5.41, 5.74) is 16.0. The molecule has 10 rings (SSSR count). The Balaban J connectivity index is 1.10. The minimum Gasteiger partial charge on any atom is -0.228 e. The maximum Gasteiger partial charge on any atom is 0.160 e. The third kappa shape index (κ3) is 8.05. The third-order valence-electron chi connectivity index (χ3n) is 10.9. The maximum atomic E-state index is 9.85. The lowest BCUT2D eigenvalue weighted by Gasteiger charge is -2.14. The molecule has 0 radical (unpaired) electrons. The quantitative estimate of drug-likeness (QED) is 0.145. The van der Waals surface area contributed by atoms with E-state index in [9.17, 15) is 5.26 Å². The lowest BCUT2D eigenvalue weighted by Crippen LogP contribution is -1.96. The zero-order chi connectivity index (χ0) is 41.7. The fourth-order valence-electron chi connectivity index (χ4n) is 7.75. The number of aromatic nitrogens is 4. The van der Waals surface area contributed by atoms with Gasteiger partial charge in [-0.3, -0.25) is 0 Å². The van der Waals surface area contributed by atoms with E-state index in [0.29, 0.717) is 17.2 Å². The largest absolute Gasteiger partial charge is 0.228 e. The number of nitrogens with zero attached hydrogens (tertiary/aromatic N) is 5. The zero-order valence-electron chi connectivity index (χ0n) is 33.6. The van der Waals surface area contributed by atoms with Gasteiger partial charge in [-0.1, -0.05) is 170 Å². The fraction of sp³-hybridized carbons (Fsp3) is 0. The first kappa shape index (κ1) is 37.7. The Kier molecular flexibility index (Phi) is 10.3. The number of benzene rings is 8. The smallest absolute Gasteiger partial charge is 0.160 e. The van der Waals surface area contributed by atoms with Crippen LogP contribution in [0.2, 0.25) is 0 Å². The molecule has 0 saturated heterocycles. The van der Waals surface area contributed by atoms with Crippen LogP contribution in [0.4, 0.5) is 0 Å². The molecule has 0 bridgehead atoms. The van der Waals surface area contributed by atoms with E-state index >= 15 is 0 Å². The number of hydrogen-bond acceptors (Lipinski definition) is 5. The van der Waals surface area contributed by atoms with Gasteiger partial charge in [-0.05, 0) is 88.0 Å². The molecule has 10 aromatic rings. The summed E-state index contributed by atoms with van der Waals surface area (Å²) in [5, 5.41) is 9.85. The van der Waals surface area contributed by atoms with Gasteiger partial charge in [0.2, 0.25) is 0 Å². The Bertz CT molecular complexity index is 2930. The van der Waals surface area contributed by atoms with E-state index in [1.165, 1.54) is 0 Å². The standard InChI is InChI=1S/C57H37N5/c58-38-39-16-13-25-44(30-39)49-33-50(45-26-14-28-47(31-45)54-36-52(40-17-5-1-6-18-40)59-56(61-54)42-21-9-3-10-22-42)35-51(34-49)46-27-15-29-48(32-46)55-37-53(41-19-7-2-8-20-41)60-57(62-55)43-23-11-4-12-24-43/h1-37H. The molecule has 0 fully saturated rings. The van der Waals surface area contributed by atoms with Gasteiger partial charge in [0.25, 0.3) is 0 Å². The second kappa shape index (κ2) is 16.9. The molecule has 0 aliphatic rings. The van der Waals surface area contributed by atoms with E-state index in [0.717, 1.165) is 89.5 Å². The van der Waals surface area contributed by atoms with Crippen LogP contribution in [-0.2, 0) is 0 Å². The number of rotatable bonds is 9. The summed E-state index contributed by atoms with van der Waals surface area (Å²) in [4.78, 5) is 20.3. The highest BCUT2D eigenvalue weighted by Crippen LogP contribution is 2.37. The molecular weight excluding hydrogens is 755 g/mol. The van der Waals surface area contributed by atoms with Gasteiger partial charge in [0.15, 0.2) is 11.6 Å². The molecule has 0 spiro atoms. The van der Waals surface area contributed by atoms with Crippen molar-refractivity contribution in [2.45, 2.75) is 0 Å². The van der Waals surface area contributed by atoms with E-state index in [1.807, 2.05) is 115 Å². The van der Waals surface area contributed by atoms with Gasteiger partial charge in [0.1, 0.15) is 0 Å². The molecule has 62 heavy (non-hydrogen) atoms. The first-order valence-corrected chi connectivity index (χ1v) is 20.5. The Hall–Kier alpha value is -8.59. The van der Waals surface area contributed by atoms with Crippen LogP contribution in [0.15, 0.2) is 224 Å². The summed E-state index contributed by atoms with van der Waals surface area (Å²) in [6.07, 6.45) is 0. The molecule has 8 aromatic carbocycles. The highest BCUT2D eigenvalue weighted by Gasteiger charge is 2.15. The Labute approximate surface area is 361 Å². The van der Waals surface area contributed by atoms with Gasteiger partial charge in [0.05, 0.1) is 34.4 Å². The van der Waals surface area contributed by atoms with Crippen molar-refractivity contribution in [1.29, 1.82) is 5.26 Å². The molecule has 2 aromatic heterocycles. The van der Waals surface area contributed by atoms with Crippen molar-refractivity contribution in [1.82, 2.24) is 19.9 Å². The molecular formula is C57H37N5. The van der Waals surface area contributed by atoms with Gasteiger partial charge >= 0.3 is 0 Å². The van der Waals surface area contributed by atoms with Crippen molar-refractivity contribution >= 4 is 0 Å². The normalized spacial score (nSPS) is 10.9. The molecule has 0 amide bonds. The van der Waals surface area contributed by atoms with Crippen LogP contribution in [0, 0.1) is 11.3 Å². The predicted molar refractivity (Wildman–Crippen MR) is 251 cm³/mol. The molecule has 2 heterocycles. The van der Waals surface area contributed by atoms with Crippen LogP contribution in [0.3, 0.4) is 0 Å². The van der Waals surface area contributed by atoms with Crippen molar-refractivity contribution in [2.75, 3.05) is 0 Å². The number of hydrogen-bond donors (Lipinski definition) is 0. The van der Waals surface area contributed by atoms with Gasteiger partial charge in [-0.25, -0.2) is 19.9 Å². The summed E-state index contributed by atoms with van der Waals surface area (Å²) in [6.45, 7) is 0. The average molecular weight is 792 g/mol. The second-order valence-electron chi connectivity index (χ2n) is 15.0. The minimum atomic E-state index is 0.609. The average Bonchev–Trinajstić information content (AvgIpc) is 3.37. The van der Waals surface area contributed by atoms with Crippen LogP contribution in [-0.4, -0.2) is 19.9 Å². The highest BCUT2D eigenvalue weighted by atomic mass is 14.9. The summed E-state index contributed by atoms with van der Waals surface area (Å²) in [5.74, 6) is 1.34. The van der Waals surface area contributed by atoms with Crippen LogP contribution < -0.4 is 0 Å². The molecule has 5 heteroatoms.